The topological polar surface area (TPSA) is 60.9 Å². The number of rotatable bonds is 8. The van der Waals surface area contributed by atoms with Gasteiger partial charge in [0.2, 0.25) is 5.91 Å². The van der Waals surface area contributed by atoms with Gasteiger partial charge in [-0.2, -0.15) is 0 Å². The molecule has 0 aliphatic rings. The molecule has 1 aromatic carbocycles. The van der Waals surface area contributed by atoms with E-state index in [4.69, 9.17) is 5.11 Å². The summed E-state index contributed by atoms with van der Waals surface area (Å²) in [7, 11) is 0. The summed E-state index contributed by atoms with van der Waals surface area (Å²) in [5.41, 5.74) is 0.838. The molecule has 116 valence electrons. The average Bonchev–Trinajstić information content (AvgIpc) is 2.39. The summed E-state index contributed by atoms with van der Waals surface area (Å²) in [6, 6.07) is 9.43. The lowest BCUT2D eigenvalue weighted by Gasteiger charge is -2.26. The van der Waals surface area contributed by atoms with Gasteiger partial charge in [-0.15, -0.1) is 0 Å². The van der Waals surface area contributed by atoms with Gasteiger partial charge < -0.3 is 10.0 Å². The second kappa shape index (κ2) is 8.42. The Hall–Kier alpha value is -1.88. The fourth-order valence-electron chi connectivity index (χ4n) is 2.28. The minimum atomic E-state index is -0.911. The Bertz CT molecular complexity index is 460. The van der Waals surface area contributed by atoms with Crippen LogP contribution < -0.4 is 4.90 Å². The molecule has 1 N–H and O–H groups in total. The van der Waals surface area contributed by atoms with E-state index in [2.05, 4.69) is 0 Å². The Kier molecular flexibility index (Phi) is 6.88. The van der Waals surface area contributed by atoms with Gasteiger partial charge in [0.1, 0.15) is 0 Å². The van der Waals surface area contributed by atoms with Gasteiger partial charge in [0.25, 0.3) is 0 Å². The van der Waals surface area contributed by atoms with Crippen LogP contribution in [0.1, 0.15) is 20.8 Å². The highest BCUT2D eigenvalue weighted by atomic mass is 16.4. The number of anilines is 1. The van der Waals surface area contributed by atoms with E-state index in [1.165, 1.54) is 0 Å². The number of likely N-dealkylation sites (N-methyl/N-ethyl adjacent to an activating group) is 1. The van der Waals surface area contributed by atoms with E-state index in [1.807, 2.05) is 51.1 Å². The maximum absolute atomic E-state index is 12.4. The van der Waals surface area contributed by atoms with E-state index in [0.717, 1.165) is 5.69 Å². The van der Waals surface area contributed by atoms with E-state index in [1.54, 1.807) is 9.80 Å². The van der Waals surface area contributed by atoms with Gasteiger partial charge in [-0.3, -0.25) is 14.5 Å². The van der Waals surface area contributed by atoms with Crippen LogP contribution in [0.2, 0.25) is 0 Å². The van der Waals surface area contributed by atoms with Crippen molar-refractivity contribution >= 4 is 17.6 Å². The van der Waals surface area contributed by atoms with Crippen LogP contribution in [0.3, 0.4) is 0 Å². The molecule has 0 atom stereocenters. The fourth-order valence-corrected chi connectivity index (χ4v) is 2.28. The molecule has 1 rings (SSSR count). The Balaban J connectivity index is 2.76. The van der Waals surface area contributed by atoms with E-state index >= 15 is 0 Å². The van der Waals surface area contributed by atoms with Gasteiger partial charge in [-0.25, -0.2) is 0 Å². The molecular weight excluding hydrogens is 268 g/mol. The third-order valence-corrected chi connectivity index (χ3v) is 3.03. The van der Waals surface area contributed by atoms with Crippen molar-refractivity contribution in [2.75, 3.05) is 31.1 Å². The highest BCUT2D eigenvalue weighted by Gasteiger charge is 2.19. The molecule has 0 bridgehead atoms. The van der Waals surface area contributed by atoms with E-state index in [9.17, 15) is 9.59 Å². The summed E-state index contributed by atoms with van der Waals surface area (Å²) >= 11 is 0. The van der Waals surface area contributed by atoms with Gasteiger partial charge in [-0.05, 0) is 25.0 Å². The van der Waals surface area contributed by atoms with Crippen molar-refractivity contribution in [2.45, 2.75) is 20.8 Å². The van der Waals surface area contributed by atoms with Crippen molar-refractivity contribution < 1.29 is 14.7 Å². The number of nitrogens with zero attached hydrogens (tertiary/aromatic N) is 2. The molecule has 21 heavy (non-hydrogen) atoms. The molecule has 1 amide bonds. The zero-order chi connectivity index (χ0) is 15.8. The largest absolute Gasteiger partial charge is 0.480 e. The number of carboxylic acid groups (broad SMARTS) is 1. The number of carbonyl (C=O) groups is 2. The monoisotopic (exact) mass is 292 g/mol. The first-order valence-corrected chi connectivity index (χ1v) is 7.23. The second-order valence-electron chi connectivity index (χ2n) is 5.43. The summed E-state index contributed by atoms with van der Waals surface area (Å²) in [6.45, 7) is 7.08. The SMILES string of the molecule is CCN(C(=O)CN(CC(=O)O)CC(C)C)c1ccccc1. The lowest BCUT2D eigenvalue weighted by atomic mass is 10.2. The van der Waals surface area contributed by atoms with Crippen molar-refractivity contribution in [3.63, 3.8) is 0 Å². The molecule has 0 aliphatic heterocycles. The maximum Gasteiger partial charge on any atom is 0.317 e. The number of aliphatic carboxylic acids is 1. The van der Waals surface area contributed by atoms with Crippen LogP contribution in [0.25, 0.3) is 0 Å². The van der Waals surface area contributed by atoms with Crippen LogP contribution in [0, 0.1) is 5.92 Å². The molecule has 0 saturated carbocycles. The van der Waals surface area contributed by atoms with Crippen LogP contribution >= 0.6 is 0 Å². The van der Waals surface area contributed by atoms with Crippen molar-refractivity contribution in [1.29, 1.82) is 0 Å². The van der Waals surface area contributed by atoms with Crippen molar-refractivity contribution in [2.24, 2.45) is 5.92 Å². The summed E-state index contributed by atoms with van der Waals surface area (Å²) in [5.74, 6) is -0.680. The van der Waals surface area contributed by atoms with Crippen molar-refractivity contribution in [3.8, 4) is 0 Å². The lowest BCUT2D eigenvalue weighted by Crippen LogP contribution is -2.43. The first-order valence-electron chi connectivity index (χ1n) is 7.23. The Labute approximate surface area is 126 Å². The van der Waals surface area contributed by atoms with Crippen LogP contribution in [-0.4, -0.2) is 48.1 Å². The van der Waals surface area contributed by atoms with Gasteiger partial charge in [0.05, 0.1) is 13.1 Å². The second-order valence-corrected chi connectivity index (χ2v) is 5.43. The molecule has 5 heteroatoms. The van der Waals surface area contributed by atoms with Gasteiger partial charge in [-0.1, -0.05) is 32.0 Å². The predicted octanol–water partition coefficient (Wildman–Crippen LogP) is 2.08. The van der Waals surface area contributed by atoms with Crippen molar-refractivity contribution in [3.05, 3.63) is 30.3 Å². The lowest BCUT2D eigenvalue weighted by molar-refractivity contribution is -0.138. The van der Waals surface area contributed by atoms with E-state index in [-0.39, 0.29) is 19.0 Å². The van der Waals surface area contributed by atoms with Crippen LogP contribution in [0.4, 0.5) is 5.69 Å². The number of hydrogen-bond acceptors (Lipinski definition) is 3. The number of carbonyl (C=O) groups excluding carboxylic acids is 1. The van der Waals surface area contributed by atoms with Gasteiger partial charge in [0, 0.05) is 18.8 Å². The summed E-state index contributed by atoms with van der Waals surface area (Å²) in [6.07, 6.45) is 0. The quantitative estimate of drug-likeness (QED) is 0.797. The molecule has 1 aromatic rings. The molecule has 0 heterocycles. The number of amides is 1. The minimum absolute atomic E-state index is 0.0781. The number of para-hydroxylation sites is 1. The smallest absolute Gasteiger partial charge is 0.317 e. The molecule has 0 aromatic heterocycles. The Morgan fingerprint density at radius 2 is 1.76 bits per heavy atom. The molecule has 0 saturated heterocycles. The highest BCUT2D eigenvalue weighted by molar-refractivity contribution is 5.94. The van der Waals surface area contributed by atoms with E-state index < -0.39 is 5.97 Å². The fraction of sp³-hybridized carbons (Fsp3) is 0.500. The minimum Gasteiger partial charge on any atom is -0.480 e. The number of hydrogen-bond donors (Lipinski definition) is 1. The first kappa shape index (κ1) is 17.2. The van der Waals surface area contributed by atoms with Crippen LogP contribution in [-0.2, 0) is 9.59 Å². The van der Waals surface area contributed by atoms with Crippen LogP contribution in [0.5, 0.6) is 0 Å². The summed E-state index contributed by atoms with van der Waals surface area (Å²) < 4.78 is 0. The normalized spacial score (nSPS) is 10.9. The molecule has 0 spiro atoms. The summed E-state index contributed by atoms with van der Waals surface area (Å²) in [5, 5.41) is 8.96. The zero-order valence-corrected chi connectivity index (χ0v) is 13.0. The maximum atomic E-state index is 12.4. The van der Waals surface area contributed by atoms with Crippen LogP contribution in [0.15, 0.2) is 30.3 Å². The predicted molar refractivity (Wildman–Crippen MR) is 83.4 cm³/mol. The van der Waals surface area contributed by atoms with Gasteiger partial charge >= 0.3 is 5.97 Å². The molecule has 0 radical (unpaired) electrons. The molecule has 0 unspecified atom stereocenters. The molecule has 0 fully saturated rings. The van der Waals surface area contributed by atoms with Crippen molar-refractivity contribution in [1.82, 2.24) is 4.90 Å². The third kappa shape index (κ3) is 5.95. The highest BCUT2D eigenvalue weighted by Crippen LogP contribution is 2.13. The standard InChI is InChI=1S/C16H24N2O3/c1-4-18(14-8-6-5-7-9-14)15(19)11-17(10-13(2)3)12-16(20)21/h5-9,13H,4,10-12H2,1-3H3,(H,20,21). The average molecular weight is 292 g/mol. The van der Waals surface area contributed by atoms with E-state index in [0.29, 0.717) is 19.0 Å². The molecule has 5 nitrogen and oxygen atoms in total. The molecule has 0 aliphatic carbocycles. The van der Waals surface area contributed by atoms with Gasteiger partial charge in [0.15, 0.2) is 0 Å². The number of carboxylic acids is 1. The zero-order valence-electron chi connectivity index (χ0n) is 13.0. The first-order chi connectivity index (χ1) is 9.93. The molecular formula is C16H24N2O3. The number of benzene rings is 1. The Morgan fingerprint density at radius 1 is 1.14 bits per heavy atom. The summed E-state index contributed by atoms with van der Waals surface area (Å²) in [4.78, 5) is 26.7. The third-order valence-electron chi connectivity index (χ3n) is 3.03. The Morgan fingerprint density at radius 3 is 2.24 bits per heavy atom.